The normalized spacial score (nSPS) is 14.7. The molecule has 3 rings (SSSR count). The number of morpholine rings is 1. The molecule has 0 atom stereocenters. The Morgan fingerprint density at radius 3 is 2.79 bits per heavy atom. The van der Waals surface area contributed by atoms with Gasteiger partial charge < -0.3 is 20.3 Å². The first-order valence-electron chi connectivity index (χ1n) is 8.56. The molecule has 0 radical (unpaired) electrons. The fourth-order valence-electron chi connectivity index (χ4n) is 2.45. The molecule has 0 unspecified atom stereocenters. The van der Waals surface area contributed by atoms with Crippen LogP contribution in [0.25, 0.3) is 0 Å². The summed E-state index contributed by atoms with van der Waals surface area (Å²) < 4.78 is 32.4. The molecule has 1 saturated heterocycles. The number of ether oxygens (including phenoxy) is 1. The van der Waals surface area contributed by atoms with Crippen LogP contribution in [0.5, 0.6) is 0 Å². The van der Waals surface area contributed by atoms with E-state index in [0.717, 1.165) is 30.2 Å². The number of thiazole rings is 1. The summed E-state index contributed by atoms with van der Waals surface area (Å²) in [4.78, 5) is 25.4. The Morgan fingerprint density at radius 2 is 2.04 bits per heavy atom. The molecule has 1 aliphatic heterocycles. The van der Waals surface area contributed by atoms with Gasteiger partial charge >= 0.3 is 0 Å². The van der Waals surface area contributed by atoms with Gasteiger partial charge in [0.2, 0.25) is 5.91 Å². The monoisotopic (exact) mass is 427 g/mol. The number of carbonyl (C=O) groups is 1. The van der Waals surface area contributed by atoms with E-state index in [1.54, 1.807) is 0 Å². The van der Waals surface area contributed by atoms with Crippen LogP contribution in [0.2, 0.25) is 0 Å². The second-order valence-corrected chi connectivity index (χ2v) is 8.88. The molecule has 13 heteroatoms. The van der Waals surface area contributed by atoms with Gasteiger partial charge in [-0.3, -0.25) is 4.79 Å². The maximum atomic E-state index is 12.3. The molecular formula is C15H21N7O4S2. The lowest BCUT2D eigenvalue weighted by atomic mass is 10.4. The van der Waals surface area contributed by atoms with Crippen molar-refractivity contribution in [1.82, 2.24) is 19.7 Å². The smallest absolute Gasteiger partial charge is 0.251 e. The molecule has 0 bridgehead atoms. The van der Waals surface area contributed by atoms with Crippen molar-refractivity contribution in [1.29, 1.82) is 0 Å². The van der Waals surface area contributed by atoms with Crippen LogP contribution in [0.4, 0.5) is 16.8 Å². The molecule has 3 heterocycles. The fraction of sp³-hybridized carbons (Fsp3) is 0.467. The number of aromatic nitrogens is 3. The minimum absolute atomic E-state index is 0.0351. The zero-order valence-electron chi connectivity index (χ0n) is 15.2. The third-order valence-electron chi connectivity index (χ3n) is 3.74. The summed E-state index contributed by atoms with van der Waals surface area (Å²) in [6, 6.07) is 1.82. The van der Waals surface area contributed by atoms with Gasteiger partial charge in [-0.2, -0.15) is 0 Å². The van der Waals surface area contributed by atoms with E-state index in [1.165, 1.54) is 19.4 Å². The molecule has 152 valence electrons. The van der Waals surface area contributed by atoms with Crippen molar-refractivity contribution < 1.29 is 17.9 Å². The van der Waals surface area contributed by atoms with Crippen molar-refractivity contribution in [2.45, 2.75) is 11.1 Å². The van der Waals surface area contributed by atoms with Gasteiger partial charge in [0.1, 0.15) is 18.0 Å². The lowest BCUT2D eigenvalue weighted by molar-refractivity contribution is -0.114. The van der Waals surface area contributed by atoms with Gasteiger partial charge in [0, 0.05) is 39.2 Å². The lowest BCUT2D eigenvalue weighted by Crippen LogP contribution is -2.36. The molecule has 0 aliphatic carbocycles. The Kier molecular flexibility index (Phi) is 6.72. The second-order valence-electron chi connectivity index (χ2n) is 5.85. The highest BCUT2D eigenvalue weighted by Crippen LogP contribution is 2.22. The van der Waals surface area contributed by atoms with E-state index in [4.69, 9.17) is 4.74 Å². The van der Waals surface area contributed by atoms with Crippen LogP contribution in [0.1, 0.15) is 6.92 Å². The fourth-order valence-corrected chi connectivity index (χ4v) is 4.60. The molecule has 3 N–H and O–H groups in total. The maximum absolute atomic E-state index is 12.3. The summed E-state index contributed by atoms with van der Waals surface area (Å²) >= 11 is 0.890. The first-order valence-corrected chi connectivity index (χ1v) is 10.9. The lowest BCUT2D eigenvalue weighted by Gasteiger charge is -2.27. The Balaban J connectivity index is 1.49. The molecule has 2 aromatic heterocycles. The third kappa shape index (κ3) is 5.58. The minimum Gasteiger partial charge on any atom is -0.378 e. The van der Waals surface area contributed by atoms with Gasteiger partial charge in [-0.15, -0.1) is 0 Å². The van der Waals surface area contributed by atoms with Crippen LogP contribution in [0, 0.1) is 0 Å². The van der Waals surface area contributed by atoms with Crippen LogP contribution >= 0.6 is 11.3 Å². The van der Waals surface area contributed by atoms with Crippen LogP contribution < -0.4 is 20.3 Å². The topological polar surface area (TPSA) is 138 Å². The SMILES string of the molecule is CC(=O)Nc1ncc(S(=O)(=O)NCCNc2cc(N3CCOCC3)ncn2)s1. The summed E-state index contributed by atoms with van der Waals surface area (Å²) in [6.45, 7) is 4.70. The molecule has 1 fully saturated rings. The third-order valence-corrected chi connectivity index (χ3v) is 6.58. The molecule has 0 spiro atoms. The highest BCUT2D eigenvalue weighted by molar-refractivity contribution is 7.91. The number of hydrogen-bond acceptors (Lipinski definition) is 10. The average molecular weight is 428 g/mol. The van der Waals surface area contributed by atoms with E-state index in [0.29, 0.717) is 25.6 Å². The van der Waals surface area contributed by atoms with E-state index in [-0.39, 0.29) is 21.8 Å². The van der Waals surface area contributed by atoms with Gasteiger partial charge in [-0.25, -0.2) is 28.1 Å². The predicted molar refractivity (Wildman–Crippen MR) is 105 cm³/mol. The minimum atomic E-state index is -3.70. The summed E-state index contributed by atoms with van der Waals surface area (Å²) in [6.07, 6.45) is 2.68. The molecule has 28 heavy (non-hydrogen) atoms. The standard InChI is InChI=1S/C15H21N7O4S2/c1-11(23)21-15-17-9-14(27-15)28(24,25)20-3-2-16-12-8-13(19-10-18-12)22-4-6-26-7-5-22/h8-10,20H,2-7H2,1H3,(H,16,18,19)(H,17,21,23). The number of amides is 1. The predicted octanol–water partition coefficient (Wildman–Crippen LogP) is 0.119. The Bertz CT molecular complexity index is 913. The van der Waals surface area contributed by atoms with Gasteiger partial charge in [0.25, 0.3) is 10.0 Å². The highest BCUT2D eigenvalue weighted by atomic mass is 32.2. The van der Waals surface area contributed by atoms with Crippen molar-refractivity contribution in [3.05, 3.63) is 18.6 Å². The Morgan fingerprint density at radius 1 is 1.25 bits per heavy atom. The number of nitrogens with zero attached hydrogens (tertiary/aromatic N) is 4. The summed E-state index contributed by atoms with van der Waals surface area (Å²) in [5.41, 5.74) is 0. The van der Waals surface area contributed by atoms with Crippen molar-refractivity contribution >= 4 is 44.0 Å². The van der Waals surface area contributed by atoms with E-state index in [9.17, 15) is 13.2 Å². The van der Waals surface area contributed by atoms with Crippen molar-refractivity contribution in [2.24, 2.45) is 0 Å². The van der Waals surface area contributed by atoms with E-state index >= 15 is 0 Å². The van der Waals surface area contributed by atoms with Crippen molar-refractivity contribution in [2.75, 3.05) is 54.9 Å². The number of hydrogen-bond donors (Lipinski definition) is 3. The second kappa shape index (κ2) is 9.23. The maximum Gasteiger partial charge on any atom is 0.251 e. The van der Waals surface area contributed by atoms with Gasteiger partial charge in [0.15, 0.2) is 9.34 Å². The quantitative estimate of drug-likeness (QED) is 0.501. The number of rotatable bonds is 8. The van der Waals surface area contributed by atoms with Gasteiger partial charge in [-0.05, 0) is 0 Å². The first kappa shape index (κ1) is 20.4. The first-order chi connectivity index (χ1) is 13.4. The molecular weight excluding hydrogens is 406 g/mol. The summed E-state index contributed by atoms with van der Waals surface area (Å²) in [5.74, 6) is 1.11. The van der Waals surface area contributed by atoms with Crippen LogP contribution in [0.15, 0.2) is 22.8 Å². The average Bonchev–Trinajstić information content (AvgIpc) is 3.15. The molecule has 1 amide bonds. The van der Waals surface area contributed by atoms with Gasteiger partial charge in [0.05, 0.1) is 19.4 Å². The molecule has 1 aliphatic rings. The number of sulfonamides is 1. The van der Waals surface area contributed by atoms with Crippen molar-refractivity contribution in [3.63, 3.8) is 0 Å². The molecule has 11 nitrogen and oxygen atoms in total. The van der Waals surface area contributed by atoms with Crippen LogP contribution in [-0.2, 0) is 19.6 Å². The molecule has 0 saturated carbocycles. The summed E-state index contributed by atoms with van der Waals surface area (Å²) in [7, 11) is -3.70. The number of nitrogens with one attached hydrogen (secondary N) is 3. The van der Waals surface area contributed by atoms with E-state index < -0.39 is 10.0 Å². The summed E-state index contributed by atoms with van der Waals surface area (Å²) in [5, 5.41) is 5.77. The number of carbonyl (C=O) groups excluding carboxylic acids is 1. The number of anilines is 3. The van der Waals surface area contributed by atoms with E-state index in [2.05, 4.69) is 35.2 Å². The zero-order valence-corrected chi connectivity index (χ0v) is 16.8. The Labute approximate surface area is 166 Å². The highest BCUT2D eigenvalue weighted by Gasteiger charge is 2.18. The van der Waals surface area contributed by atoms with E-state index in [1.807, 2.05) is 6.07 Å². The molecule has 2 aromatic rings. The van der Waals surface area contributed by atoms with Gasteiger partial charge in [-0.1, -0.05) is 11.3 Å². The molecule has 0 aromatic carbocycles. The largest absolute Gasteiger partial charge is 0.378 e. The van der Waals surface area contributed by atoms with Crippen LogP contribution in [0.3, 0.4) is 0 Å². The van der Waals surface area contributed by atoms with Crippen molar-refractivity contribution in [3.8, 4) is 0 Å². The Hall–Kier alpha value is -2.35. The van der Waals surface area contributed by atoms with Crippen LogP contribution in [-0.4, -0.2) is 68.7 Å². The zero-order chi connectivity index (χ0) is 20.0.